The van der Waals surface area contributed by atoms with Crippen molar-refractivity contribution in [2.24, 2.45) is 5.73 Å². The fraction of sp³-hybridized carbons (Fsp3) is 0.188. The van der Waals surface area contributed by atoms with E-state index in [4.69, 9.17) is 5.73 Å². The smallest absolute Gasteiger partial charge is 0.221 e. The average Bonchev–Trinajstić information content (AvgIpc) is 2.46. The molecular weight excluding hydrogens is 255 g/mol. The van der Waals surface area contributed by atoms with Crippen LogP contribution in [0.5, 0.6) is 0 Å². The number of hydrogen-bond acceptors (Lipinski definition) is 2. The Kier molecular flexibility index (Phi) is 4.85. The summed E-state index contributed by atoms with van der Waals surface area (Å²) in [7, 11) is 0. The van der Waals surface area contributed by atoms with Crippen LogP contribution in [0.25, 0.3) is 11.1 Å². The summed E-state index contributed by atoms with van der Waals surface area (Å²) in [6, 6.07) is 14.1. The fourth-order valence-electron chi connectivity index (χ4n) is 1.95. The summed E-state index contributed by atoms with van der Waals surface area (Å²) in [5.41, 5.74) is 8.03. The Morgan fingerprint density at radius 3 is 2.50 bits per heavy atom. The van der Waals surface area contributed by atoms with Crippen LogP contribution in [0, 0.1) is 5.82 Å². The highest BCUT2D eigenvalue weighted by atomic mass is 19.1. The Hall–Kier alpha value is -2.20. The molecule has 0 aromatic heterocycles. The van der Waals surface area contributed by atoms with Crippen molar-refractivity contribution in [2.45, 2.75) is 13.0 Å². The maximum absolute atomic E-state index is 13.2. The van der Waals surface area contributed by atoms with E-state index in [0.29, 0.717) is 19.5 Å². The summed E-state index contributed by atoms with van der Waals surface area (Å²) >= 11 is 0. The molecule has 104 valence electrons. The molecule has 0 aliphatic heterocycles. The predicted molar refractivity (Wildman–Crippen MR) is 77.4 cm³/mol. The fourth-order valence-corrected chi connectivity index (χ4v) is 1.95. The van der Waals surface area contributed by atoms with Crippen LogP contribution in [0.4, 0.5) is 4.39 Å². The second-order valence-electron chi connectivity index (χ2n) is 4.53. The lowest BCUT2D eigenvalue weighted by atomic mass is 10.0. The first-order valence-electron chi connectivity index (χ1n) is 6.50. The van der Waals surface area contributed by atoms with E-state index in [2.05, 4.69) is 5.32 Å². The molecule has 0 atom stereocenters. The van der Waals surface area contributed by atoms with E-state index in [1.54, 1.807) is 6.07 Å². The standard InChI is InChI=1S/C16H17FN2O/c17-15-6-2-5-14(10-15)13-4-1-3-12(9-13)11-19-16(20)7-8-18/h1-6,9-10H,7-8,11,18H2,(H,19,20). The lowest BCUT2D eigenvalue weighted by Gasteiger charge is -2.07. The molecule has 4 heteroatoms. The van der Waals surface area contributed by atoms with Crippen LogP contribution in [-0.4, -0.2) is 12.5 Å². The number of rotatable bonds is 5. The molecule has 0 fully saturated rings. The normalized spacial score (nSPS) is 10.3. The van der Waals surface area contributed by atoms with Gasteiger partial charge in [0, 0.05) is 19.5 Å². The Morgan fingerprint density at radius 2 is 1.80 bits per heavy atom. The van der Waals surface area contributed by atoms with Gasteiger partial charge in [-0.2, -0.15) is 0 Å². The van der Waals surface area contributed by atoms with Crippen LogP contribution in [-0.2, 0) is 11.3 Å². The van der Waals surface area contributed by atoms with Gasteiger partial charge in [0.05, 0.1) is 0 Å². The highest BCUT2D eigenvalue weighted by Crippen LogP contribution is 2.21. The van der Waals surface area contributed by atoms with Gasteiger partial charge in [-0.15, -0.1) is 0 Å². The summed E-state index contributed by atoms with van der Waals surface area (Å²) in [5, 5.41) is 2.80. The van der Waals surface area contributed by atoms with E-state index in [1.807, 2.05) is 30.3 Å². The first-order valence-corrected chi connectivity index (χ1v) is 6.50. The molecule has 0 aliphatic rings. The van der Waals surface area contributed by atoms with Gasteiger partial charge < -0.3 is 11.1 Å². The van der Waals surface area contributed by atoms with E-state index in [0.717, 1.165) is 16.7 Å². The minimum absolute atomic E-state index is 0.0661. The summed E-state index contributed by atoms with van der Waals surface area (Å²) in [6.07, 6.45) is 0.323. The second-order valence-corrected chi connectivity index (χ2v) is 4.53. The van der Waals surface area contributed by atoms with Crippen molar-refractivity contribution in [3.8, 4) is 11.1 Å². The Balaban J connectivity index is 2.10. The van der Waals surface area contributed by atoms with E-state index in [9.17, 15) is 9.18 Å². The molecule has 0 saturated carbocycles. The lowest BCUT2D eigenvalue weighted by molar-refractivity contribution is -0.121. The Morgan fingerprint density at radius 1 is 1.10 bits per heavy atom. The Bertz CT molecular complexity index is 599. The third kappa shape index (κ3) is 3.90. The first-order chi connectivity index (χ1) is 9.69. The Labute approximate surface area is 117 Å². The third-order valence-electron chi connectivity index (χ3n) is 2.95. The van der Waals surface area contributed by atoms with Gasteiger partial charge in [0.15, 0.2) is 0 Å². The van der Waals surface area contributed by atoms with Gasteiger partial charge in [-0.1, -0.05) is 30.3 Å². The molecule has 2 aromatic rings. The molecular formula is C16H17FN2O. The topological polar surface area (TPSA) is 55.1 Å². The zero-order valence-corrected chi connectivity index (χ0v) is 11.1. The average molecular weight is 272 g/mol. The number of hydrogen-bond donors (Lipinski definition) is 2. The molecule has 0 radical (unpaired) electrons. The van der Waals surface area contributed by atoms with Gasteiger partial charge in [-0.05, 0) is 34.9 Å². The maximum Gasteiger partial charge on any atom is 0.221 e. The zero-order chi connectivity index (χ0) is 14.4. The van der Waals surface area contributed by atoms with Crippen molar-refractivity contribution in [1.82, 2.24) is 5.32 Å². The van der Waals surface area contributed by atoms with Crippen molar-refractivity contribution < 1.29 is 9.18 Å². The quantitative estimate of drug-likeness (QED) is 0.878. The molecule has 3 N–H and O–H groups in total. The number of carbonyl (C=O) groups is 1. The van der Waals surface area contributed by atoms with Gasteiger partial charge in [-0.3, -0.25) is 4.79 Å². The summed E-state index contributed by atoms with van der Waals surface area (Å²) < 4.78 is 13.2. The monoisotopic (exact) mass is 272 g/mol. The minimum atomic E-state index is -0.260. The van der Waals surface area contributed by atoms with E-state index < -0.39 is 0 Å². The minimum Gasteiger partial charge on any atom is -0.352 e. The molecule has 0 saturated heterocycles. The van der Waals surface area contributed by atoms with Crippen molar-refractivity contribution in [3.63, 3.8) is 0 Å². The van der Waals surface area contributed by atoms with E-state index in [1.165, 1.54) is 12.1 Å². The second kappa shape index (κ2) is 6.82. The molecule has 0 spiro atoms. The predicted octanol–water partition coefficient (Wildman–Crippen LogP) is 2.46. The molecule has 0 aliphatic carbocycles. The van der Waals surface area contributed by atoms with Crippen LogP contribution in [0.3, 0.4) is 0 Å². The molecule has 1 amide bonds. The van der Waals surface area contributed by atoms with Crippen LogP contribution in [0.1, 0.15) is 12.0 Å². The van der Waals surface area contributed by atoms with Gasteiger partial charge >= 0.3 is 0 Å². The number of halogens is 1. The number of carbonyl (C=O) groups excluding carboxylic acids is 1. The molecule has 3 nitrogen and oxygen atoms in total. The van der Waals surface area contributed by atoms with Crippen molar-refractivity contribution in [1.29, 1.82) is 0 Å². The van der Waals surface area contributed by atoms with Gasteiger partial charge in [0.25, 0.3) is 0 Å². The van der Waals surface area contributed by atoms with E-state index >= 15 is 0 Å². The van der Waals surface area contributed by atoms with Crippen LogP contribution in [0.2, 0.25) is 0 Å². The number of amides is 1. The van der Waals surface area contributed by atoms with Crippen molar-refractivity contribution in [3.05, 3.63) is 59.9 Å². The summed E-state index contributed by atoms with van der Waals surface area (Å²) in [5.74, 6) is -0.326. The lowest BCUT2D eigenvalue weighted by Crippen LogP contribution is -2.24. The largest absolute Gasteiger partial charge is 0.352 e. The zero-order valence-electron chi connectivity index (χ0n) is 11.1. The van der Waals surface area contributed by atoms with E-state index in [-0.39, 0.29) is 11.7 Å². The highest BCUT2D eigenvalue weighted by Gasteiger charge is 2.03. The number of nitrogens with two attached hydrogens (primary N) is 1. The number of nitrogens with one attached hydrogen (secondary N) is 1. The summed E-state index contributed by atoms with van der Waals surface area (Å²) in [4.78, 5) is 11.4. The van der Waals surface area contributed by atoms with Crippen LogP contribution < -0.4 is 11.1 Å². The SMILES string of the molecule is NCCC(=O)NCc1cccc(-c2cccc(F)c2)c1. The van der Waals surface area contributed by atoms with Crippen molar-refractivity contribution in [2.75, 3.05) is 6.54 Å². The van der Waals surface area contributed by atoms with Crippen molar-refractivity contribution >= 4 is 5.91 Å². The van der Waals surface area contributed by atoms with Gasteiger partial charge in [0.1, 0.15) is 5.82 Å². The van der Waals surface area contributed by atoms with Crippen LogP contribution in [0.15, 0.2) is 48.5 Å². The summed E-state index contributed by atoms with van der Waals surface area (Å²) in [6.45, 7) is 0.789. The molecule has 0 heterocycles. The molecule has 2 rings (SSSR count). The maximum atomic E-state index is 13.2. The molecule has 0 unspecified atom stereocenters. The molecule has 0 bridgehead atoms. The van der Waals surface area contributed by atoms with Gasteiger partial charge in [-0.25, -0.2) is 4.39 Å². The molecule has 20 heavy (non-hydrogen) atoms. The first kappa shape index (κ1) is 14.2. The third-order valence-corrected chi connectivity index (χ3v) is 2.95. The number of benzene rings is 2. The van der Waals surface area contributed by atoms with Crippen LogP contribution >= 0.6 is 0 Å². The highest BCUT2D eigenvalue weighted by molar-refractivity contribution is 5.76. The van der Waals surface area contributed by atoms with Gasteiger partial charge in [0.2, 0.25) is 5.91 Å². The molecule has 2 aromatic carbocycles.